The minimum absolute atomic E-state index is 0.0907. The molecule has 1 amide bonds. The molecule has 3 N–H and O–H groups in total. The van der Waals surface area contributed by atoms with Crippen LogP contribution in [0.4, 0.5) is 10.1 Å². The molecule has 0 heterocycles. The monoisotopic (exact) mass is 440 g/mol. The molecule has 0 spiro atoms. The Labute approximate surface area is 179 Å². The average molecular weight is 440 g/mol. The van der Waals surface area contributed by atoms with Crippen LogP contribution in [0.3, 0.4) is 0 Å². The summed E-state index contributed by atoms with van der Waals surface area (Å²) in [7, 11) is -4.00. The van der Waals surface area contributed by atoms with Crippen molar-refractivity contribution in [2.45, 2.75) is 30.4 Å². The number of rotatable bonds is 5. The van der Waals surface area contributed by atoms with E-state index in [4.69, 9.17) is 0 Å². The number of aliphatic hydroxyl groups excluding tert-OH is 1. The van der Waals surface area contributed by atoms with Crippen molar-refractivity contribution in [2.75, 3.05) is 5.32 Å². The van der Waals surface area contributed by atoms with Crippen molar-refractivity contribution in [2.24, 2.45) is 0 Å². The van der Waals surface area contributed by atoms with Gasteiger partial charge in [0.05, 0.1) is 17.0 Å². The van der Waals surface area contributed by atoms with Crippen LogP contribution in [0, 0.1) is 12.7 Å². The third kappa shape index (κ3) is 4.36. The largest absolute Gasteiger partial charge is 0.391 e. The Bertz CT molecular complexity index is 1260. The van der Waals surface area contributed by atoms with Gasteiger partial charge in [0.1, 0.15) is 5.82 Å². The molecule has 3 aromatic carbocycles. The number of benzene rings is 3. The molecule has 0 bridgehead atoms. The van der Waals surface area contributed by atoms with Crippen LogP contribution in [0.15, 0.2) is 71.6 Å². The van der Waals surface area contributed by atoms with Crippen LogP contribution in [0.5, 0.6) is 0 Å². The number of halogens is 1. The zero-order valence-electron chi connectivity index (χ0n) is 16.7. The summed E-state index contributed by atoms with van der Waals surface area (Å²) < 4.78 is 41.9. The number of nitrogens with one attached hydrogen (secondary N) is 2. The van der Waals surface area contributed by atoms with Gasteiger partial charge in [0, 0.05) is 17.7 Å². The van der Waals surface area contributed by atoms with Crippen molar-refractivity contribution < 1.29 is 22.7 Å². The smallest absolute Gasteiger partial charge is 0.255 e. The van der Waals surface area contributed by atoms with Crippen LogP contribution in [-0.4, -0.2) is 25.5 Å². The van der Waals surface area contributed by atoms with Crippen molar-refractivity contribution >= 4 is 21.6 Å². The number of amides is 1. The number of carbonyl (C=O) groups excluding carboxylic acids is 1. The number of aliphatic hydroxyl groups is 1. The fourth-order valence-electron chi connectivity index (χ4n) is 3.68. The molecule has 3 aromatic rings. The third-order valence-electron chi connectivity index (χ3n) is 5.31. The molecule has 31 heavy (non-hydrogen) atoms. The molecule has 0 aliphatic heterocycles. The highest BCUT2D eigenvalue weighted by Crippen LogP contribution is 2.32. The molecule has 1 aliphatic rings. The number of hydrogen-bond donors (Lipinski definition) is 3. The topological polar surface area (TPSA) is 95.5 Å². The van der Waals surface area contributed by atoms with E-state index < -0.39 is 28.1 Å². The maximum Gasteiger partial charge on any atom is 0.255 e. The molecule has 160 valence electrons. The summed E-state index contributed by atoms with van der Waals surface area (Å²) in [4.78, 5) is 12.5. The molecule has 1 aliphatic carbocycles. The van der Waals surface area contributed by atoms with Crippen LogP contribution in [0.25, 0.3) is 0 Å². The van der Waals surface area contributed by atoms with Gasteiger partial charge in [-0.1, -0.05) is 30.3 Å². The van der Waals surface area contributed by atoms with Crippen LogP contribution in [-0.2, 0) is 16.4 Å². The molecular formula is C23H21FN2O4S. The lowest BCUT2D eigenvalue weighted by Gasteiger charge is -2.18. The van der Waals surface area contributed by atoms with Crippen molar-refractivity contribution in [1.29, 1.82) is 0 Å². The fraction of sp³-hybridized carbons (Fsp3) is 0.174. The SMILES string of the molecule is Cc1cc(NC(=O)c2cccc(S(=O)(=O)N[C@@H]3c4ccccc4C[C@H]3O)c2)ccc1F. The Hall–Kier alpha value is -3.07. The second-order valence-corrected chi connectivity index (χ2v) is 9.23. The van der Waals surface area contributed by atoms with Crippen molar-refractivity contribution in [1.82, 2.24) is 4.72 Å². The van der Waals surface area contributed by atoms with Crippen LogP contribution >= 0.6 is 0 Å². The van der Waals surface area contributed by atoms with E-state index in [-0.39, 0.29) is 16.3 Å². The highest BCUT2D eigenvalue weighted by atomic mass is 32.2. The van der Waals surface area contributed by atoms with Crippen LogP contribution in [0.2, 0.25) is 0 Å². The van der Waals surface area contributed by atoms with Gasteiger partial charge in [-0.3, -0.25) is 4.79 Å². The molecule has 0 fully saturated rings. The molecule has 0 unspecified atom stereocenters. The van der Waals surface area contributed by atoms with Gasteiger partial charge in [0.25, 0.3) is 5.91 Å². The average Bonchev–Trinajstić information content (AvgIpc) is 3.05. The normalized spacial score (nSPS) is 17.9. The summed E-state index contributed by atoms with van der Waals surface area (Å²) in [6.07, 6.45) is -0.511. The number of fused-ring (bicyclic) bond motifs is 1. The number of anilines is 1. The van der Waals surface area contributed by atoms with Crippen molar-refractivity contribution in [3.63, 3.8) is 0 Å². The Morgan fingerprint density at radius 3 is 2.61 bits per heavy atom. The molecule has 8 heteroatoms. The maximum atomic E-state index is 13.4. The second kappa shape index (κ2) is 8.22. The predicted octanol–water partition coefficient (Wildman–Crippen LogP) is 3.32. The molecule has 4 rings (SSSR count). The maximum absolute atomic E-state index is 13.4. The standard InChI is InChI=1S/C23H21FN2O4S/c1-14-11-17(9-10-20(14)24)25-23(28)16-6-4-7-18(12-16)31(29,30)26-22-19-8-3-2-5-15(19)13-21(22)27/h2-12,21-22,26-27H,13H2,1H3,(H,25,28)/t21-,22-/m1/s1. The summed E-state index contributed by atoms with van der Waals surface area (Å²) in [5.74, 6) is -0.901. The first-order chi connectivity index (χ1) is 14.7. The predicted molar refractivity (Wildman–Crippen MR) is 115 cm³/mol. The first kappa shape index (κ1) is 21.2. The number of carbonyl (C=O) groups is 1. The van der Waals surface area contributed by atoms with Gasteiger partial charge in [0.15, 0.2) is 0 Å². The first-order valence-electron chi connectivity index (χ1n) is 9.70. The molecule has 0 aromatic heterocycles. The third-order valence-corrected chi connectivity index (χ3v) is 6.75. The molecule has 0 radical (unpaired) electrons. The van der Waals surface area contributed by atoms with Crippen molar-refractivity contribution in [3.05, 3.63) is 94.8 Å². The van der Waals surface area contributed by atoms with E-state index in [1.807, 2.05) is 12.1 Å². The second-order valence-electron chi connectivity index (χ2n) is 7.52. The number of aryl methyl sites for hydroxylation is 1. The Morgan fingerprint density at radius 2 is 1.84 bits per heavy atom. The summed E-state index contributed by atoms with van der Waals surface area (Å²) in [6, 6.07) is 16.3. The van der Waals surface area contributed by atoms with Crippen molar-refractivity contribution in [3.8, 4) is 0 Å². The summed E-state index contributed by atoms with van der Waals surface area (Å²) in [5.41, 5.74) is 2.55. The van der Waals surface area contributed by atoms with E-state index in [1.54, 1.807) is 19.1 Å². The van der Waals surface area contributed by atoms with Gasteiger partial charge in [0.2, 0.25) is 10.0 Å². The van der Waals surface area contributed by atoms with Gasteiger partial charge in [-0.2, -0.15) is 0 Å². The van der Waals surface area contributed by atoms with Gasteiger partial charge in [-0.15, -0.1) is 0 Å². The first-order valence-corrected chi connectivity index (χ1v) is 11.2. The van der Waals surface area contributed by atoms with E-state index in [2.05, 4.69) is 10.0 Å². The molecule has 0 saturated carbocycles. The van der Waals surface area contributed by atoms with Gasteiger partial charge in [-0.25, -0.2) is 17.5 Å². The summed E-state index contributed by atoms with van der Waals surface area (Å²) in [6.45, 7) is 1.58. The lowest BCUT2D eigenvalue weighted by atomic mass is 10.1. The molecule has 6 nitrogen and oxygen atoms in total. The van der Waals surface area contributed by atoms with Gasteiger partial charge < -0.3 is 10.4 Å². The van der Waals surface area contributed by atoms with E-state index in [0.29, 0.717) is 17.7 Å². The minimum atomic E-state index is -4.00. The Morgan fingerprint density at radius 1 is 1.06 bits per heavy atom. The molecule has 2 atom stereocenters. The highest BCUT2D eigenvalue weighted by molar-refractivity contribution is 7.89. The summed E-state index contributed by atoms with van der Waals surface area (Å²) in [5, 5.41) is 13.0. The Kier molecular flexibility index (Phi) is 5.62. The van der Waals surface area contributed by atoms with E-state index in [9.17, 15) is 22.7 Å². The van der Waals surface area contributed by atoms with E-state index >= 15 is 0 Å². The lowest BCUT2D eigenvalue weighted by molar-refractivity contribution is 0.102. The lowest BCUT2D eigenvalue weighted by Crippen LogP contribution is -2.34. The quantitative estimate of drug-likeness (QED) is 0.567. The molecule has 0 saturated heterocycles. The fourth-order valence-corrected chi connectivity index (χ4v) is 4.98. The summed E-state index contributed by atoms with van der Waals surface area (Å²) >= 11 is 0. The van der Waals surface area contributed by atoms with Gasteiger partial charge >= 0.3 is 0 Å². The zero-order valence-corrected chi connectivity index (χ0v) is 17.5. The zero-order chi connectivity index (χ0) is 22.2. The van der Waals surface area contributed by atoms with E-state index in [1.165, 1.54) is 42.5 Å². The Balaban J connectivity index is 1.55. The highest BCUT2D eigenvalue weighted by Gasteiger charge is 2.34. The molecular weight excluding hydrogens is 419 g/mol. The van der Waals surface area contributed by atoms with Crippen LogP contribution in [0.1, 0.15) is 33.1 Å². The minimum Gasteiger partial charge on any atom is -0.391 e. The van der Waals surface area contributed by atoms with Gasteiger partial charge in [-0.05, 0) is 60.0 Å². The number of sulfonamides is 1. The number of hydrogen-bond acceptors (Lipinski definition) is 4. The van der Waals surface area contributed by atoms with E-state index in [0.717, 1.165) is 11.1 Å². The van der Waals surface area contributed by atoms with Crippen LogP contribution < -0.4 is 10.0 Å².